The quantitative estimate of drug-likeness (QED) is 0.143. The molecule has 5 fully saturated rings. The van der Waals surface area contributed by atoms with E-state index in [0.717, 1.165) is 30.6 Å². The molecule has 0 aromatic carbocycles. The molecule has 0 spiro atoms. The van der Waals surface area contributed by atoms with Crippen LogP contribution in [0.1, 0.15) is 185 Å². The van der Waals surface area contributed by atoms with Crippen LogP contribution in [0.2, 0.25) is 0 Å². The molecule has 0 bridgehead atoms. The predicted molar refractivity (Wildman–Crippen MR) is 387 cm³/mol. The maximum atomic E-state index is 15.5. The number of nitrogens with zero attached hydrogens (tertiary/aromatic N) is 9. The maximum Gasteiger partial charge on any atom is 0.393 e. The molecule has 3 unspecified atom stereocenters. The lowest BCUT2D eigenvalue weighted by atomic mass is 9.78. The van der Waals surface area contributed by atoms with Gasteiger partial charge in [0.15, 0.2) is 0 Å². The zero-order valence-corrected chi connectivity index (χ0v) is 65.8. The van der Waals surface area contributed by atoms with Crippen molar-refractivity contribution in [3.63, 3.8) is 0 Å². The molecule has 4 N–H and O–H groups in total. The zero-order valence-electron chi connectivity index (χ0n) is 65.0. The van der Waals surface area contributed by atoms with Gasteiger partial charge in [-0.2, -0.15) is 13.2 Å². The Bertz CT molecular complexity index is 2950. The number of fused-ring (bicyclic) bond motifs is 1. The topological polar surface area (TPSA) is 282 Å². The van der Waals surface area contributed by atoms with Gasteiger partial charge in [0.25, 0.3) is 0 Å². The Kier molecular flexibility index (Phi) is 32.9. The highest BCUT2D eigenvalue weighted by molar-refractivity contribution is 6.21. The van der Waals surface area contributed by atoms with Crippen molar-refractivity contribution in [2.75, 3.05) is 89.6 Å². The molecule has 103 heavy (non-hydrogen) atoms. The minimum atomic E-state index is -4.52. The maximum absolute atomic E-state index is 15.5. The SMILES string of the molecule is CC[C@H](C)[C@@H]1NC(=O)[C@H](CC(C)C)N(C)C(=O)C[C@@H](C(=O)N(C)C)N(C)C(=O)[C@H]([C@@H](C)CC)N(C)C(=O)[C@H](C(C)C)NC(=O)[C@H](CC2CCNCC2)N(C)C(=O)[C@H](CCC2CCC(C(F)(F)F)C(Cl)C2)NC(=O)CN(C)C(=O)[C@H](CC2CCC(C)CC2)N(C)C(=O)[C@@H]2CCN2C(=O)[C@H](C)N(C)C1=O. The van der Waals surface area contributed by atoms with Crippen LogP contribution in [0, 0.1) is 53.3 Å². The van der Waals surface area contributed by atoms with Crippen molar-refractivity contribution in [3.8, 4) is 0 Å². The minimum Gasteiger partial charge on any atom is -0.347 e. The molecule has 0 radical (unpaired) electrons. The predicted octanol–water partition coefficient (Wildman–Crippen LogP) is 5.74. The summed E-state index contributed by atoms with van der Waals surface area (Å²) >= 11 is 6.44. The van der Waals surface area contributed by atoms with Crippen LogP contribution in [0.5, 0.6) is 0 Å². The van der Waals surface area contributed by atoms with E-state index >= 15 is 24.0 Å². The number of carbonyl (C=O) groups excluding carboxylic acids is 12. The van der Waals surface area contributed by atoms with Crippen molar-refractivity contribution in [1.82, 2.24) is 65.4 Å². The van der Waals surface area contributed by atoms with Crippen molar-refractivity contribution in [1.29, 1.82) is 0 Å². The van der Waals surface area contributed by atoms with Crippen LogP contribution in [-0.2, 0) is 57.5 Å². The number of alkyl halides is 4. The normalized spacial score (nSPS) is 31.2. The van der Waals surface area contributed by atoms with Crippen molar-refractivity contribution in [3.05, 3.63) is 0 Å². The standard InChI is InChI=1S/C74H125ClF3N13O12/c1-20-45(8)62-72(102)85(14)47(10)66(96)91-35-32-54(91)70(100)88(17)57(39-49-24-22-44(7)23-25-49)69(99)84(13)41-59(92)80-53(29-27-48-26-28-51(52(75)37-48)74(76,77)78)67(97)87(16)56(38-50-30-33-79-34-31-50)65(95)81-61(43(5)6)71(101)90(19)63(46(9)21-2)73(103)89(18)58(68(98)83(11)12)40-60(93)86(15)55(36-42(3)4)64(94)82-62/h42-58,61-63,79H,20-41H2,1-19H3,(H,80,92)(H,81,95)(H,82,94)/t44?,45-,46-,47-,48?,49?,51?,52?,53-,54-,55-,56-,57-,58-,61-,62-,63-/m0/s1. The Morgan fingerprint density at radius 1 is 0.573 bits per heavy atom. The molecule has 586 valence electrons. The molecule has 2 aliphatic carbocycles. The Labute approximate surface area is 615 Å². The fourth-order valence-corrected chi connectivity index (χ4v) is 16.0. The number of hydrogen-bond donors (Lipinski definition) is 4. The second-order valence-corrected chi connectivity index (χ2v) is 32.4. The Morgan fingerprint density at radius 3 is 1.65 bits per heavy atom. The van der Waals surface area contributed by atoms with Crippen molar-refractivity contribution in [2.45, 2.75) is 257 Å². The molecule has 5 rings (SSSR count). The smallest absolute Gasteiger partial charge is 0.347 e. The van der Waals surface area contributed by atoms with E-state index in [-0.39, 0.29) is 88.0 Å². The Balaban J connectivity index is 1.66. The van der Waals surface area contributed by atoms with Crippen LogP contribution in [0.3, 0.4) is 0 Å². The van der Waals surface area contributed by atoms with Crippen LogP contribution in [0.25, 0.3) is 0 Å². The van der Waals surface area contributed by atoms with Crippen molar-refractivity contribution in [2.24, 2.45) is 53.3 Å². The number of piperidine rings is 1. The molecule has 0 aromatic rings. The highest BCUT2D eigenvalue weighted by Gasteiger charge is 2.50. The van der Waals surface area contributed by atoms with Crippen LogP contribution in [-0.4, -0.2) is 277 Å². The van der Waals surface area contributed by atoms with Gasteiger partial charge in [0.1, 0.15) is 60.4 Å². The molecule has 3 heterocycles. The third kappa shape index (κ3) is 22.6. The number of likely N-dealkylation sites (N-methyl/N-ethyl adjacent to an activating group) is 8. The summed E-state index contributed by atoms with van der Waals surface area (Å²) in [6.45, 7) is 18.7. The van der Waals surface area contributed by atoms with E-state index in [1.807, 2.05) is 27.7 Å². The number of rotatable bonds is 15. The number of carbonyl (C=O) groups is 12. The van der Waals surface area contributed by atoms with Crippen molar-refractivity contribution < 1.29 is 70.7 Å². The fourth-order valence-electron chi connectivity index (χ4n) is 15.5. The van der Waals surface area contributed by atoms with Gasteiger partial charge >= 0.3 is 6.18 Å². The van der Waals surface area contributed by atoms with E-state index in [4.69, 9.17) is 11.6 Å². The van der Waals surface area contributed by atoms with Gasteiger partial charge in [-0.3, -0.25) is 57.5 Å². The molecule has 3 saturated heterocycles. The first-order chi connectivity index (χ1) is 48.1. The van der Waals surface area contributed by atoms with Gasteiger partial charge in [0.2, 0.25) is 70.9 Å². The average Bonchev–Trinajstić information content (AvgIpc) is 0.788. The number of nitrogens with one attached hydrogen (secondary N) is 4. The summed E-state index contributed by atoms with van der Waals surface area (Å²) in [5.74, 6) is -11.7. The third-order valence-corrected chi connectivity index (χ3v) is 23.8. The number of halogens is 4. The lowest BCUT2D eigenvalue weighted by molar-refractivity contribution is -0.182. The molecular weight excluding hydrogens is 1360 g/mol. The summed E-state index contributed by atoms with van der Waals surface area (Å²) in [6.07, 6.45) is 0.777. The first-order valence-corrected chi connectivity index (χ1v) is 38.2. The Morgan fingerprint density at radius 2 is 1.12 bits per heavy atom. The van der Waals surface area contributed by atoms with Gasteiger partial charge in [0.05, 0.1) is 18.9 Å². The van der Waals surface area contributed by atoms with E-state index in [1.165, 1.54) is 110 Å². The molecule has 29 heteroatoms. The number of amides is 12. The van der Waals surface area contributed by atoms with Gasteiger partial charge in [-0.25, -0.2) is 0 Å². The van der Waals surface area contributed by atoms with Crippen LogP contribution in [0.4, 0.5) is 13.2 Å². The molecule has 15 atom stereocenters. The second-order valence-electron chi connectivity index (χ2n) is 31.9. The molecular formula is C74H125ClF3N13O12. The fraction of sp³-hybridized carbons (Fsp3) is 0.838. The van der Waals surface area contributed by atoms with Crippen LogP contribution in [0.15, 0.2) is 0 Å². The van der Waals surface area contributed by atoms with E-state index in [2.05, 4.69) is 28.2 Å². The summed E-state index contributed by atoms with van der Waals surface area (Å²) in [5, 5.41) is 10.8. The highest BCUT2D eigenvalue weighted by atomic mass is 35.5. The molecule has 0 aromatic heterocycles. The summed E-state index contributed by atoms with van der Waals surface area (Å²) in [5.41, 5.74) is 0. The third-order valence-electron chi connectivity index (χ3n) is 23.3. The minimum absolute atomic E-state index is 0.00736. The lowest BCUT2D eigenvalue weighted by Gasteiger charge is -2.45. The largest absolute Gasteiger partial charge is 0.393 e. The highest BCUT2D eigenvalue weighted by Crippen LogP contribution is 2.44. The zero-order chi connectivity index (χ0) is 77.6. The van der Waals surface area contributed by atoms with Gasteiger partial charge in [-0.05, 0) is 138 Å². The monoisotopic (exact) mass is 1480 g/mol. The first-order valence-electron chi connectivity index (χ1n) is 37.8. The van der Waals surface area contributed by atoms with Gasteiger partial charge in [-0.15, -0.1) is 11.6 Å². The molecule has 5 aliphatic rings. The van der Waals surface area contributed by atoms with Crippen LogP contribution >= 0.6 is 11.6 Å². The van der Waals surface area contributed by atoms with Gasteiger partial charge < -0.3 is 65.4 Å². The average molecular weight is 1480 g/mol. The lowest BCUT2D eigenvalue weighted by Crippen LogP contribution is -2.65. The Hall–Kier alpha value is -6.32. The van der Waals surface area contributed by atoms with E-state index < -0.39 is 179 Å². The second kappa shape index (κ2) is 38.8. The van der Waals surface area contributed by atoms with Crippen molar-refractivity contribution >= 4 is 82.5 Å². The summed E-state index contributed by atoms with van der Waals surface area (Å²) < 4.78 is 42.3. The summed E-state index contributed by atoms with van der Waals surface area (Å²) in [4.78, 5) is 191. The van der Waals surface area contributed by atoms with Gasteiger partial charge in [0, 0.05) is 75.4 Å². The van der Waals surface area contributed by atoms with Crippen LogP contribution < -0.4 is 21.3 Å². The molecule has 3 aliphatic heterocycles. The van der Waals surface area contributed by atoms with E-state index in [1.54, 1.807) is 27.7 Å². The van der Waals surface area contributed by atoms with E-state index in [0.29, 0.717) is 44.7 Å². The summed E-state index contributed by atoms with van der Waals surface area (Å²) in [7, 11) is 12.9. The summed E-state index contributed by atoms with van der Waals surface area (Å²) in [6, 6.07) is -12.5. The van der Waals surface area contributed by atoms with E-state index in [9.17, 15) is 46.7 Å². The van der Waals surface area contributed by atoms with Gasteiger partial charge in [-0.1, -0.05) is 101 Å². The molecule has 25 nitrogen and oxygen atoms in total. The molecule has 2 saturated carbocycles. The number of hydrogen-bond acceptors (Lipinski definition) is 13. The molecule has 12 amide bonds. The first kappa shape index (κ1) is 87.3.